The van der Waals surface area contributed by atoms with Crippen LogP contribution in [0.4, 0.5) is 17.5 Å². The molecule has 13 nitrogen and oxygen atoms in total. The van der Waals surface area contributed by atoms with Crippen molar-refractivity contribution in [3.05, 3.63) is 77.1 Å². The van der Waals surface area contributed by atoms with Gasteiger partial charge in [-0.2, -0.15) is 9.97 Å². The maximum atomic E-state index is 12.7. The molecule has 2 aromatic carbocycles. The average molecular weight is 586 g/mol. The van der Waals surface area contributed by atoms with E-state index in [-0.39, 0.29) is 36.1 Å². The predicted octanol–water partition coefficient (Wildman–Crippen LogP) is 2.89. The summed E-state index contributed by atoms with van der Waals surface area (Å²) in [6.45, 7) is 6.89. The summed E-state index contributed by atoms with van der Waals surface area (Å²) >= 11 is 0. The summed E-state index contributed by atoms with van der Waals surface area (Å²) in [4.78, 5) is 53.5. The summed E-state index contributed by atoms with van der Waals surface area (Å²) in [6, 6.07) is 12.9. The van der Waals surface area contributed by atoms with Crippen LogP contribution in [0, 0.1) is 0 Å². The van der Waals surface area contributed by atoms with Crippen molar-refractivity contribution in [2.45, 2.75) is 51.6 Å². The second-order valence-electron chi connectivity index (χ2n) is 11.0. The molecule has 2 aromatic heterocycles. The molecular weight excluding hydrogens is 550 g/mol. The van der Waals surface area contributed by atoms with E-state index in [9.17, 15) is 19.5 Å². The van der Waals surface area contributed by atoms with Gasteiger partial charge in [-0.05, 0) is 60.2 Å². The molecule has 2 heterocycles. The first-order chi connectivity index (χ1) is 20.4. The molecule has 8 N–H and O–H groups in total. The number of amides is 2. The summed E-state index contributed by atoms with van der Waals surface area (Å²) < 4.78 is 0. The molecule has 4 aromatic rings. The molecule has 0 bridgehead atoms. The zero-order valence-corrected chi connectivity index (χ0v) is 24.2. The number of aromatic nitrogens is 4. The van der Waals surface area contributed by atoms with Gasteiger partial charge in [0, 0.05) is 23.4 Å². The monoisotopic (exact) mass is 585 g/mol. The molecule has 43 heavy (non-hydrogen) atoms. The number of anilines is 3. The van der Waals surface area contributed by atoms with E-state index in [4.69, 9.17) is 11.5 Å². The van der Waals surface area contributed by atoms with Crippen molar-refractivity contribution >= 4 is 46.4 Å². The summed E-state index contributed by atoms with van der Waals surface area (Å²) in [7, 11) is 0. The van der Waals surface area contributed by atoms with E-state index in [1.54, 1.807) is 42.6 Å². The number of hydrogen-bond acceptors (Lipinski definition) is 10. The molecule has 4 rings (SSSR count). The molecule has 0 unspecified atom stereocenters. The van der Waals surface area contributed by atoms with Gasteiger partial charge in [-0.25, -0.2) is 14.8 Å². The van der Waals surface area contributed by atoms with Gasteiger partial charge in [0.1, 0.15) is 6.04 Å². The van der Waals surface area contributed by atoms with E-state index in [0.717, 1.165) is 5.56 Å². The minimum atomic E-state index is -1.15. The highest BCUT2D eigenvalue weighted by Gasteiger charge is 2.21. The van der Waals surface area contributed by atoms with Gasteiger partial charge >= 0.3 is 5.97 Å². The lowest BCUT2D eigenvalue weighted by molar-refractivity contribution is -0.139. The molecule has 0 aliphatic heterocycles. The first-order valence-corrected chi connectivity index (χ1v) is 13.7. The van der Waals surface area contributed by atoms with Crippen LogP contribution in [0.1, 0.15) is 65.6 Å². The van der Waals surface area contributed by atoms with E-state index in [1.165, 1.54) is 0 Å². The van der Waals surface area contributed by atoms with Gasteiger partial charge in [-0.15, -0.1) is 0 Å². The van der Waals surface area contributed by atoms with Gasteiger partial charge in [0.15, 0.2) is 17.0 Å². The lowest BCUT2D eigenvalue weighted by Gasteiger charge is -2.19. The number of carboxylic acids is 1. The number of hydrogen-bond donors (Lipinski definition) is 6. The van der Waals surface area contributed by atoms with Gasteiger partial charge in [-0.3, -0.25) is 9.59 Å². The number of carbonyl (C=O) groups is 3. The van der Waals surface area contributed by atoms with E-state index in [0.29, 0.717) is 46.6 Å². The minimum Gasteiger partial charge on any atom is -0.480 e. The predicted molar refractivity (Wildman–Crippen MR) is 163 cm³/mol. The van der Waals surface area contributed by atoms with Crippen LogP contribution in [0.3, 0.4) is 0 Å². The van der Waals surface area contributed by atoms with Crippen LogP contribution < -0.4 is 27.4 Å². The van der Waals surface area contributed by atoms with Crippen LogP contribution in [0.2, 0.25) is 0 Å². The maximum Gasteiger partial charge on any atom is 0.326 e. The number of rotatable bonds is 11. The van der Waals surface area contributed by atoms with Gasteiger partial charge in [0.25, 0.3) is 11.8 Å². The lowest BCUT2D eigenvalue weighted by Crippen LogP contribution is -2.41. The van der Waals surface area contributed by atoms with Gasteiger partial charge < -0.3 is 32.5 Å². The van der Waals surface area contributed by atoms with Gasteiger partial charge in [0.05, 0.1) is 18.4 Å². The summed E-state index contributed by atoms with van der Waals surface area (Å²) in [5.74, 6) is -1.75. The molecule has 0 radical (unpaired) electrons. The molecule has 2 amide bonds. The third-order valence-electron chi connectivity index (χ3n) is 6.69. The topological polar surface area (TPSA) is 211 Å². The zero-order chi connectivity index (χ0) is 31.1. The number of nitrogen functional groups attached to an aromatic ring is 2. The fourth-order valence-electron chi connectivity index (χ4n) is 4.23. The highest BCUT2D eigenvalue weighted by Crippen LogP contribution is 2.22. The Balaban J connectivity index is 1.25. The number of carbonyl (C=O) groups excluding carboxylic acids is 2. The largest absolute Gasteiger partial charge is 0.480 e. The first kappa shape index (κ1) is 30.6. The van der Waals surface area contributed by atoms with Crippen molar-refractivity contribution in [3.63, 3.8) is 0 Å². The molecule has 0 aliphatic rings. The van der Waals surface area contributed by atoms with Crippen molar-refractivity contribution in [1.82, 2.24) is 30.6 Å². The molecule has 0 fully saturated rings. The molecule has 0 saturated heterocycles. The quantitative estimate of drug-likeness (QED) is 0.141. The Labute approximate surface area is 248 Å². The average Bonchev–Trinajstić information content (AvgIpc) is 2.97. The van der Waals surface area contributed by atoms with Crippen molar-refractivity contribution in [3.8, 4) is 0 Å². The number of nitrogens with two attached hydrogens (primary N) is 2. The smallest absolute Gasteiger partial charge is 0.326 e. The molecule has 1 atom stereocenters. The van der Waals surface area contributed by atoms with Crippen LogP contribution in [-0.2, 0) is 16.8 Å². The number of benzene rings is 2. The molecule has 224 valence electrons. The van der Waals surface area contributed by atoms with Crippen LogP contribution in [0.5, 0.6) is 0 Å². The minimum absolute atomic E-state index is 0.0129. The van der Waals surface area contributed by atoms with Crippen LogP contribution in [0.15, 0.2) is 54.7 Å². The second kappa shape index (κ2) is 13.1. The standard InChI is InChI=1S/C30H35N9O4/c1-30(2,3)19-10-6-17(7-11-19)26(40)33-14-4-5-22(28(42)43)37-27(41)18-8-12-20(13-9-18)34-15-21-16-35-25-23(36-21)24(31)38-29(32)39-25/h6-13,16,22,34H,4-5,14-15H2,1-3H3,(H,33,40)(H,37,41)(H,42,43)(H4,31,32,35,38,39)/t22-/m0/s1. The molecule has 0 aliphatic carbocycles. The highest BCUT2D eigenvalue weighted by molar-refractivity contribution is 5.97. The van der Waals surface area contributed by atoms with E-state index in [1.807, 2.05) is 12.1 Å². The fraction of sp³-hybridized carbons (Fsp3) is 0.300. The lowest BCUT2D eigenvalue weighted by atomic mass is 9.87. The van der Waals surface area contributed by atoms with Gasteiger partial charge in [0.2, 0.25) is 5.95 Å². The van der Waals surface area contributed by atoms with E-state index < -0.39 is 17.9 Å². The third-order valence-corrected chi connectivity index (χ3v) is 6.69. The Morgan fingerprint density at radius 2 is 1.56 bits per heavy atom. The third kappa shape index (κ3) is 8.12. The van der Waals surface area contributed by atoms with Crippen LogP contribution in [-0.4, -0.2) is 55.4 Å². The molecule has 0 saturated carbocycles. The molecule has 13 heteroatoms. The first-order valence-electron chi connectivity index (χ1n) is 13.7. The molecule has 0 spiro atoms. The Morgan fingerprint density at radius 3 is 2.21 bits per heavy atom. The summed E-state index contributed by atoms with van der Waals surface area (Å²) in [6.07, 6.45) is 2.07. The van der Waals surface area contributed by atoms with Crippen LogP contribution >= 0.6 is 0 Å². The van der Waals surface area contributed by atoms with Crippen molar-refractivity contribution < 1.29 is 19.5 Å². The normalized spacial score (nSPS) is 12.0. The van der Waals surface area contributed by atoms with Crippen molar-refractivity contribution in [2.75, 3.05) is 23.3 Å². The number of nitrogens with one attached hydrogen (secondary N) is 3. The molecular formula is C30H35N9O4. The number of nitrogens with zero attached hydrogens (tertiary/aromatic N) is 4. The Bertz CT molecular complexity index is 1620. The summed E-state index contributed by atoms with van der Waals surface area (Å²) in [5.41, 5.74) is 15.3. The summed E-state index contributed by atoms with van der Waals surface area (Å²) in [5, 5.41) is 18.2. The second-order valence-corrected chi connectivity index (χ2v) is 11.0. The SMILES string of the molecule is CC(C)(C)c1ccc(C(=O)NCCC[C@H](NC(=O)c2ccc(NCc3cnc4nc(N)nc(N)c4n3)cc2)C(=O)O)cc1. The Morgan fingerprint density at radius 1 is 0.907 bits per heavy atom. The number of carboxylic acid groups (broad SMARTS) is 1. The van der Waals surface area contributed by atoms with Crippen LogP contribution in [0.25, 0.3) is 11.2 Å². The van der Waals surface area contributed by atoms with E-state index in [2.05, 4.69) is 56.7 Å². The van der Waals surface area contributed by atoms with Crippen molar-refractivity contribution in [2.24, 2.45) is 0 Å². The van der Waals surface area contributed by atoms with Gasteiger partial charge in [-0.1, -0.05) is 32.9 Å². The van der Waals surface area contributed by atoms with Crippen molar-refractivity contribution in [1.29, 1.82) is 0 Å². The Hall–Kier alpha value is -5.33. The van der Waals surface area contributed by atoms with E-state index >= 15 is 0 Å². The number of fused-ring (bicyclic) bond motifs is 1. The maximum absolute atomic E-state index is 12.7. The zero-order valence-electron chi connectivity index (χ0n) is 24.2. The number of aliphatic carboxylic acids is 1. The fourth-order valence-corrected chi connectivity index (χ4v) is 4.23. The Kier molecular flexibility index (Phi) is 9.33. The highest BCUT2D eigenvalue weighted by atomic mass is 16.4.